The van der Waals surface area contributed by atoms with Crippen LogP contribution in [0.2, 0.25) is 0 Å². The summed E-state index contributed by atoms with van der Waals surface area (Å²) in [5.41, 5.74) is 0.900. The highest BCUT2D eigenvalue weighted by Crippen LogP contribution is 2.68. The minimum absolute atomic E-state index is 0.0578. The van der Waals surface area contributed by atoms with Crippen LogP contribution in [0.3, 0.4) is 0 Å². The fraction of sp³-hybridized carbons (Fsp3) is 1.00. The van der Waals surface area contributed by atoms with Crippen LogP contribution in [0.4, 0.5) is 0 Å². The normalized spacial score (nSPS) is 49.2. The predicted molar refractivity (Wildman–Crippen MR) is 120 cm³/mol. The molecule has 0 aromatic rings. The van der Waals surface area contributed by atoms with Gasteiger partial charge in [0.1, 0.15) is 0 Å². The van der Waals surface area contributed by atoms with Gasteiger partial charge in [0.2, 0.25) is 0 Å². The summed E-state index contributed by atoms with van der Waals surface area (Å²) in [7, 11) is 0. The van der Waals surface area contributed by atoms with E-state index in [9.17, 15) is 10.2 Å². The Kier molecular flexibility index (Phi) is 6.19. The highest BCUT2D eigenvalue weighted by Gasteiger charge is 2.62. The van der Waals surface area contributed by atoms with Gasteiger partial charge in [-0.3, -0.25) is 0 Å². The number of hydrogen-bond donors (Lipinski definition) is 2. The van der Waals surface area contributed by atoms with Crippen molar-refractivity contribution in [2.24, 2.45) is 52.3 Å². The van der Waals surface area contributed by atoms with Crippen LogP contribution in [0.5, 0.6) is 0 Å². The van der Waals surface area contributed by atoms with Crippen LogP contribution in [-0.4, -0.2) is 22.4 Å². The predicted octanol–water partition coefficient (Wildman–Crippen LogP) is 6.44. The van der Waals surface area contributed by atoms with Crippen LogP contribution in [0.1, 0.15) is 105 Å². The first kappa shape index (κ1) is 22.1. The van der Waals surface area contributed by atoms with E-state index in [1.807, 2.05) is 0 Å². The van der Waals surface area contributed by atoms with Crippen molar-refractivity contribution in [3.8, 4) is 0 Å². The molecule has 4 fully saturated rings. The number of aliphatic hydroxyl groups excluding tert-OH is 2. The van der Waals surface area contributed by atoms with Crippen molar-refractivity contribution in [3.05, 3.63) is 0 Å². The molecule has 0 radical (unpaired) electrons. The summed E-state index contributed by atoms with van der Waals surface area (Å²) >= 11 is 0. The maximum Gasteiger partial charge on any atom is 0.0577 e. The van der Waals surface area contributed by atoms with Gasteiger partial charge in [-0.15, -0.1) is 0 Å². The quantitative estimate of drug-likeness (QED) is 0.553. The lowest BCUT2D eigenvalue weighted by atomic mass is 9.44. The van der Waals surface area contributed by atoms with Gasteiger partial charge in [-0.25, -0.2) is 0 Å². The first-order chi connectivity index (χ1) is 13.7. The summed E-state index contributed by atoms with van der Waals surface area (Å²) in [5.74, 6) is 4.62. The Labute approximate surface area is 180 Å². The topological polar surface area (TPSA) is 40.5 Å². The summed E-state index contributed by atoms with van der Waals surface area (Å²) in [4.78, 5) is 0. The minimum Gasteiger partial charge on any atom is -0.393 e. The Morgan fingerprint density at radius 3 is 2.31 bits per heavy atom. The lowest BCUT2D eigenvalue weighted by Gasteiger charge is -2.62. The molecule has 0 bridgehead atoms. The minimum atomic E-state index is -0.151. The third kappa shape index (κ3) is 3.63. The Hall–Kier alpha value is -0.0800. The first-order valence-electron chi connectivity index (χ1n) is 13.0. The standard InChI is InChI=1S/C27H48O2/c1-17(2)23(28)12-9-18(3)20-10-11-21-25-22(13-15-27(20,21)5)26(4)14-7-6-8-19(26)16-24(25)29/h17-25,28-29H,6-16H2,1-5H3/t18-,19-,20-,21+,22+,23?,24?,25+,26+,27-/m1/s1. The van der Waals surface area contributed by atoms with E-state index in [0.29, 0.717) is 28.6 Å². The lowest BCUT2D eigenvalue weighted by Crippen LogP contribution is -2.57. The summed E-state index contributed by atoms with van der Waals surface area (Å²) in [6.45, 7) is 11.9. The van der Waals surface area contributed by atoms with Crippen LogP contribution in [-0.2, 0) is 0 Å². The molecule has 2 heteroatoms. The van der Waals surface area contributed by atoms with Gasteiger partial charge in [0.15, 0.2) is 0 Å². The summed E-state index contributed by atoms with van der Waals surface area (Å²) in [5, 5.41) is 21.7. The van der Waals surface area contributed by atoms with Gasteiger partial charge in [0.25, 0.3) is 0 Å². The second kappa shape index (κ2) is 8.12. The molecule has 0 aromatic carbocycles. The van der Waals surface area contributed by atoms with Gasteiger partial charge in [0, 0.05) is 0 Å². The Morgan fingerprint density at radius 2 is 1.59 bits per heavy atom. The average Bonchev–Trinajstić information content (AvgIpc) is 3.03. The van der Waals surface area contributed by atoms with E-state index in [4.69, 9.17) is 0 Å². The van der Waals surface area contributed by atoms with E-state index >= 15 is 0 Å². The maximum atomic E-state index is 11.3. The molecular formula is C27H48O2. The molecule has 4 rings (SSSR count). The van der Waals surface area contributed by atoms with Crippen molar-refractivity contribution in [2.75, 3.05) is 0 Å². The van der Waals surface area contributed by atoms with Crippen LogP contribution in [0, 0.1) is 52.3 Å². The van der Waals surface area contributed by atoms with E-state index in [1.54, 1.807) is 0 Å². The average molecular weight is 405 g/mol. The monoisotopic (exact) mass is 404 g/mol. The van der Waals surface area contributed by atoms with E-state index in [0.717, 1.165) is 42.9 Å². The first-order valence-corrected chi connectivity index (χ1v) is 13.0. The number of rotatable bonds is 5. The van der Waals surface area contributed by atoms with E-state index in [1.165, 1.54) is 51.4 Å². The molecular weight excluding hydrogens is 356 g/mol. The second-order valence-electron chi connectivity index (χ2n) is 12.6. The Balaban J connectivity index is 1.50. The van der Waals surface area contributed by atoms with Gasteiger partial charge in [-0.1, -0.05) is 47.5 Å². The van der Waals surface area contributed by atoms with Gasteiger partial charge < -0.3 is 10.2 Å². The molecule has 0 amide bonds. The van der Waals surface area contributed by atoms with Crippen molar-refractivity contribution in [3.63, 3.8) is 0 Å². The summed E-state index contributed by atoms with van der Waals surface area (Å²) in [6, 6.07) is 0. The van der Waals surface area contributed by atoms with Crippen LogP contribution < -0.4 is 0 Å². The highest BCUT2D eigenvalue weighted by atomic mass is 16.3. The molecule has 0 aliphatic heterocycles. The number of aliphatic hydroxyl groups is 2. The zero-order valence-corrected chi connectivity index (χ0v) is 19.9. The van der Waals surface area contributed by atoms with Crippen LogP contribution in [0.25, 0.3) is 0 Å². The molecule has 4 aliphatic carbocycles. The van der Waals surface area contributed by atoms with Gasteiger partial charge in [0.05, 0.1) is 12.2 Å². The van der Waals surface area contributed by atoms with Gasteiger partial charge in [-0.2, -0.15) is 0 Å². The number of fused-ring (bicyclic) bond motifs is 5. The molecule has 2 unspecified atom stereocenters. The fourth-order valence-corrected chi connectivity index (χ4v) is 9.20. The highest BCUT2D eigenvalue weighted by molar-refractivity contribution is 5.11. The Bertz CT molecular complexity index is 573. The molecule has 0 heterocycles. The van der Waals surface area contributed by atoms with Crippen LogP contribution >= 0.6 is 0 Å². The third-order valence-corrected chi connectivity index (χ3v) is 11.0. The van der Waals surface area contributed by atoms with Crippen molar-refractivity contribution in [2.45, 2.75) is 117 Å². The fourth-order valence-electron chi connectivity index (χ4n) is 9.20. The molecule has 29 heavy (non-hydrogen) atoms. The van der Waals surface area contributed by atoms with Crippen molar-refractivity contribution >= 4 is 0 Å². The molecule has 0 aromatic heterocycles. The largest absolute Gasteiger partial charge is 0.393 e. The SMILES string of the molecule is CC(C)C(O)CC[C@@H](C)[C@H]1CC[C@H]2[C@@H]3C(O)C[C@H]4CCCC[C@]4(C)[C@H]3CC[C@]12C. The molecule has 2 N–H and O–H groups in total. The van der Waals surface area contributed by atoms with E-state index in [-0.39, 0.29) is 12.2 Å². The smallest absolute Gasteiger partial charge is 0.0577 e. The molecule has 2 nitrogen and oxygen atoms in total. The van der Waals surface area contributed by atoms with Crippen molar-refractivity contribution in [1.29, 1.82) is 0 Å². The zero-order chi connectivity index (χ0) is 21.0. The van der Waals surface area contributed by atoms with Gasteiger partial charge in [-0.05, 0) is 110 Å². The van der Waals surface area contributed by atoms with Crippen molar-refractivity contribution < 1.29 is 10.2 Å². The zero-order valence-electron chi connectivity index (χ0n) is 19.9. The third-order valence-electron chi connectivity index (χ3n) is 11.0. The summed E-state index contributed by atoms with van der Waals surface area (Å²) in [6.07, 6.45) is 13.9. The molecule has 0 saturated heterocycles. The second-order valence-corrected chi connectivity index (χ2v) is 12.6. The van der Waals surface area contributed by atoms with E-state index in [2.05, 4.69) is 34.6 Å². The maximum absolute atomic E-state index is 11.3. The van der Waals surface area contributed by atoms with E-state index < -0.39 is 0 Å². The van der Waals surface area contributed by atoms with Crippen molar-refractivity contribution in [1.82, 2.24) is 0 Å². The summed E-state index contributed by atoms with van der Waals surface area (Å²) < 4.78 is 0. The number of hydrogen-bond acceptors (Lipinski definition) is 2. The van der Waals surface area contributed by atoms with Crippen LogP contribution in [0.15, 0.2) is 0 Å². The molecule has 10 atom stereocenters. The molecule has 4 saturated carbocycles. The molecule has 0 spiro atoms. The molecule has 168 valence electrons. The molecule has 4 aliphatic rings. The Morgan fingerprint density at radius 1 is 0.862 bits per heavy atom. The lowest BCUT2D eigenvalue weighted by molar-refractivity contribution is -0.164. The van der Waals surface area contributed by atoms with Gasteiger partial charge >= 0.3 is 0 Å².